The quantitative estimate of drug-likeness (QED) is 0.134. The Labute approximate surface area is 425 Å². The van der Waals surface area contributed by atoms with E-state index in [-0.39, 0.29) is 0 Å². The molecule has 0 aromatic heterocycles. The zero-order valence-corrected chi connectivity index (χ0v) is 40.6. The third-order valence-electron chi connectivity index (χ3n) is 12.2. The van der Waals surface area contributed by atoms with E-state index >= 15 is 0 Å². The molecule has 0 heterocycles. The minimum atomic E-state index is 0.741. The second-order valence-corrected chi connectivity index (χ2v) is 17.5. The van der Waals surface area contributed by atoms with Gasteiger partial charge < -0.3 is 14.7 Å². The predicted octanol–water partition coefficient (Wildman–Crippen LogP) is 17.2. The first-order valence-corrected chi connectivity index (χ1v) is 24.2. The number of nitrogens with zero attached hydrogens (tertiary/aromatic N) is 3. The molecule has 10 rings (SSSR count). The number of anilines is 9. The normalized spacial score (nSPS) is 10.4. The second-order valence-electron chi connectivity index (χ2n) is 17.5. The van der Waals surface area contributed by atoms with Crippen molar-refractivity contribution in [1.82, 2.24) is 0 Å². The van der Waals surface area contributed by atoms with E-state index in [9.17, 15) is 0 Å². The smallest absolute Gasteiger partial charge is 0.0819 e. The fraction of sp³-hybridized carbons (Fsp3) is 0.0435. The summed E-state index contributed by atoms with van der Waals surface area (Å²) in [5, 5.41) is 0. The van der Waals surface area contributed by atoms with Gasteiger partial charge in [-0.3, -0.25) is 0 Å². The number of benzene rings is 10. The van der Waals surface area contributed by atoms with Gasteiger partial charge >= 0.3 is 0 Å². The van der Waals surface area contributed by atoms with Crippen LogP contribution in [0, 0.1) is 56.3 Å². The van der Waals surface area contributed by atoms with E-state index in [0.717, 1.165) is 101 Å². The largest absolute Gasteiger partial charge is 0.308 e. The molecular formula is C69H51N3. The third kappa shape index (κ3) is 10.3. The Hall–Kier alpha value is -9.72. The molecular weight excluding hydrogens is 871 g/mol. The maximum atomic E-state index is 3.91. The maximum Gasteiger partial charge on any atom is 0.0819 e. The molecule has 3 heteroatoms. The van der Waals surface area contributed by atoms with Crippen molar-refractivity contribution in [1.29, 1.82) is 0 Å². The number of hydrogen-bond acceptors (Lipinski definition) is 3. The van der Waals surface area contributed by atoms with E-state index in [1.165, 1.54) is 0 Å². The first-order chi connectivity index (χ1) is 35.5. The fourth-order valence-corrected chi connectivity index (χ4v) is 8.96. The second kappa shape index (κ2) is 21.7. The van der Waals surface area contributed by atoms with E-state index in [1.807, 2.05) is 54.6 Å². The standard InChI is InChI=1S/C69H51N3/c1-52-25-22-40-61(49-52)70(58-34-16-7-17-35-58)67-64(46-43-55-28-10-4-11-29-55)68(71(59-36-18-8-19-37-59)62-41-23-26-53(2)50-62)66(48-45-57-32-14-6-15-33-57)69(65(67)47-44-56-30-12-5-13-31-56)72(60-38-20-9-21-39-60)63-42-24-27-54(3)51-63/h4-42,49-51H,1-3H3. The molecule has 0 atom stereocenters. The van der Waals surface area contributed by atoms with Crippen LogP contribution >= 0.6 is 0 Å². The topological polar surface area (TPSA) is 9.72 Å². The first-order valence-electron chi connectivity index (χ1n) is 24.2. The Kier molecular flexibility index (Phi) is 13.9. The van der Waals surface area contributed by atoms with Gasteiger partial charge in [-0.05, 0) is 147 Å². The van der Waals surface area contributed by atoms with Crippen molar-refractivity contribution in [3.8, 4) is 35.5 Å². The molecule has 0 aliphatic rings. The fourth-order valence-electron chi connectivity index (χ4n) is 8.96. The monoisotopic (exact) mass is 921 g/mol. The summed E-state index contributed by atoms with van der Waals surface area (Å²) in [6, 6.07) is 88.5. The summed E-state index contributed by atoms with van der Waals surface area (Å²) in [4.78, 5) is 7.03. The summed E-state index contributed by atoms with van der Waals surface area (Å²) in [5.74, 6) is 22.8. The zero-order chi connectivity index (χ0) is 49.1. The van der Waals surface area contributed by atoms with Crippen molar-refractivity contribution < 1.29 is 0 Å². The highest BCUT2D eigenvalue weighted by molar-refractivity contribution is 6.03. The van der Waals surface area contributed by atoms with Gasteiger partial charge in [0.1, 0.15) is 0 Å². The molecule has 10 aromatic rings. The van der Waals surface area contributed by atoms with Gasteiger partial charge in [0.2, 0.25) is 0 Å². The lowest BCUT2D eigenvalue weighted by Crippen LogP contribution is -2.23. The predicted molar refractivity (Wildman–Crippen MR) is 302 cm³/mol. The molecule has 72 heavy (non-hydrogen) atoms. The molecule has 0 bridgehead atoms. The molecule has 0 saturated carbocycles. The van der Waals surface area contributed by atoms with Crippen LogP contribution in [0.25, 0.3) is 0 Å². The lowest BCUT2D eigenvalue weighted by molar-refractivity contribution is 1.19. The van der Waals surface area contributed by atoms with E-state index in [0.29, 0.717) is 0 Å². The van der Waals surface area contributed by atoms with Crippen LogP contribution < -0.4 is 14.7 Å². The van der Waals surface area contributed by atoms with Crippen molar-refractivity contribution in [2.45, 2.75) is 20.8 Å². The summed E-state index contributed by atoms with van der Waals surface area (Å²) < 4.78 is 0. The Morgan fingerprint density at radius 2 is 0.444 bits per heavy atom. The van der Waals surface area contributed by atoms with Crippen molar-refractivity contribution in [3.63, 3.8) is 0 Å². The molecule has 0 amide bonds. The Morgan fingerprint density at radius 3 is 0.681 bits per heavy atom. The van der Waals surface area contributed by atoms with Gasteiger partial charge in [0.25, 0.3) is 0 Å². The van der Waals surface area contributed by atoms with Gasteiger partial charge in [-0.2, -0.15) is 0 Å². The molecule has 0 saturated heterocycles. The van der Waals surface area contributed by atoms with Crippen LogP contribution in [0.5, 0.6) is 0 Å². The average molecular weight is 922 g/mol. The summed E-state index contributed by atoms with van der Waals surface area (Å²) >= 11 is 0. The molecule has 0 fully saturated rings. The first kappa shape index (κ1) is 46.0. The van der Waals surface area contributed by atoms with Crippen LogP contribution in [0.15, 0.2) is 255 Å². The molecule has 0 radical (unpaired) electrons. The molecule has 0 spiro atoms. The van der Waals surface area contributed by atoms with E-state index in [4.69, 9.17) is 0 Å². The molecule has 3 nitrogen and oxygen atoms in total. The zero-order valence-electron chi connectivity index (χ0n) is 40.6. The van der Waals surface area contributed by atoms with Crippen molar-refractivity contribution in [3.05, 3.63) is 305 Å². The Bertz CT molecular complexity index is 3260. The van der Waals surface area contributed by atoms with Crippen LogP contribution in [0.2, 0.25) is 0 Å². The maximum absolute atomic E-state index is 3.91. The highest BCUT2D eigenvalue weighted by atomic mass is 15.2. The van der Waals surface area contributed by atoms with Crippen LogP contribution in [-0.4, -0.2) is 0 Å². The van der Waals surface area contributed by atoms with Crippen molar-refractivity contribution in [2.75, 3.05) is 14.7 Å². The molecule has 10 aromatic carbocycles. The highest BCUT2D eigenvalue weighted by Gasteiger charge is 2.34. The number of para-hydroxylation sites is 3. The SMILES string of the molecule is Cc1cccc(N(c2ccccc2)c2c(C#Cc3ccccc3)c(N(c3ccccc3)c3cccc(C)c3)c(C#Cc3ccccc3)c(N(c3ccccc3)c3cccc(C)c3)c2C#Cc2ccccc2)c1. The molecule has 342 valence electrons. The highest BCUT2D eigenvalue weighted by Crippen LogP contribution is 2.54. The van der Waals surface area contributed by atoms with E-state index in [2.05, 4.69) is 271 Å². The number of aryl methyl sites for hydroxylation is 3. The summed E-state index contributed by atoms with van der Waals surface area (Å²) in [6.07, 6.45) is 0. The lowest BCUT2D eigenvalue weighted by Gasteiger charge is -2.37. The summed E-state index contributed by atoms with van der Waals surface area (Å²) in [7, 11) is 0. The Morgan fingerprint density at radius 1 is 0.222 bits per heavy atom. The van der Waals surface area contributed by atoms with E-state index < -0.39 is 0 Å². The van der Waals surface area contributed by atoms with Gasteiger partial charge in [0.15, 0.2) is 0 Å². The van der Waals surface area contributed by atoms with Gasteiger partial charge in [0, 0.05) is 50.8 Å². The molecule has 0 unspecified atom stereocenters. The van der Waals surface area contributed by atoms with Gasteiger partial charge in [0.05, 0.1) is 33.8 Å². The number of rotatable bonds is 9. The minimum Gasteiger partial charge on any atom is -0.308 e. The van der Waals surface area contributed by atoms with Gasteiger partial charge in [-0.15, -0.1) is 0 Å². The van der Waals surface area contributed by atoms with E-state index in [1.54, 1.807) is 0 Å². The molecule has 0 aliphatic carbocycles. The third-order valence-corrected chi connectivity index (χ3v) is 12.2. The van der Waals surface area contributed by atoms with Crippen LogP contribution in [-0.2, 0) is 0 Å². The van der Waals surface area contributed by atoms with Crippen LogP contribution in [0.3, 0.4) is 0 Å². The van der Waals surface area contributed by atoms with Gasteiger partial charge in [-0.1, -0.05) is 181 Å². The molecule has 0 aliphatic heterocycles. The van der Waals surface area contributed by atoms with Crippen LogP contribution in [0.4, 0.5) is 51.2 Å². The number of hydrogen-bond donors (Lipinski definition) is 0. The lowest BCUT2D eigenvalue weighted by atomic mass is 9.91. The van der Waals surface area contributed by atoms with Crippen molar-refractivity contribution in [2.24, 2.45) is 0 Å². The minimum absolute atomic E-state index is 0.741. The van der Waals surface area contributed by atoms with Crippen LogP contribution in [0.1, 0.15) is 50.1 Å². The molecule has 0 N–H and O–H groups in total. The van der Waals surface area contributed by atoms with Crippen molar-refractivity contribution >= 4 is 51.2 Å². The Balaban J connectivity index is 1.54. The van der Waals surface area contributed by atoms with Gasteiger partial charge in [-0.25, -0.2) is 0 Å². The average Bonchev–Trinajstić information content (AvgIpc) is 3.42. The summed E-state index contributed by atoms with van der Waals surface area (Å²) in [5.41, 5.74) is 16.3. The summed E-state index contributed by atoms with van der Waals surface area (Å²) in [6.45, 7) is 6.42.